The van der Waals surface area contributed by atoms with Gasteiger partial charge in [0, 0.05) is 12.8 Å². The minimum Gasteiger partial charge on any atom is -0.480 e. The van der Waals surface area contributed by atoms with Gasteiger partial charge in [-0.3, -0.25) is 18.6 Å². The Kier molecular flexibility index (Phi) is 41.5. The molecule has 3 unspecified atom stereocenters. The Bertz CT molecular complexity index is 1410. The van der Waals surface area contributed by atoms with E-state index in [0.717, 1.165) is 128 Å². The zero-order valence-electron chi connectivity index (χ0n) is 38.1. The first kappa shape index (κ1) is 58.4. The molecule has 1 amide bonds. The highest BCUT2D eigenvalue weighted by Gasteiger charge is 2.28. The molecule has 0 aromatic carbocycles. The van der Waals surface area contributed by atoms with Crippen molar-refractivity contribution in [1.29, 1.82) is 0 Å². The van der Waals surface area contributed by atoms with Crippen LogP contribution in [-0.2, 0) is 32.7 Å². The van der Waals surface area contributed by atoms with Gasteiger partial charge in [0.2, 0.25) is 5.91 Å². The second-order valence-corrected chi connectivity index (χ2v) is 16.6. The van der Waals surface area contributed by atoms with Crippen molar-refractivity contribution in [2.45, 2.75) is 180 Å². The van der Waals surface area contributed by atoms with E-state index in [1.807, 2.05) is 0 Å². The Hall–Kier alpha value is -3.60. The second-order valence-electron chi connectivity index (χ2n) is 15.2. The molecule has 0 aliphatic rings. The number of aliphatic carboxylic acids is 1. The third-order valence-corrected chi connectivity index (χ3v) is 10.3. The molecule has 0 fully saturated rings. The number of carboxylic acids is 1. The highest BCUT2D eigenvalue weighted by Crippen LogP contribution is 2.43. The lowest BCUT2D eigenvalue weighted by Gasteiger charge is -2.18. The third kappa shape index (κ3) is 43.1. The minimum atomic E-state index is -4.77. The molecule has 62 heavy (non-hydrogen) atoms. The van der Waals surface area contributed by atoms with Gasteiger partial charge in [-0.05, 0) is 89.9 Å². The average Bonchev–Trinajstić information content (AvgIpc) is 3.25. The number of hydrogen-bond acceptors (Lipinski definition) is 8. The largest absolute Gasteiger partial charge is 0.480 e. The SMILES string of the molecule is CC/C=C\C/C=C\C/C=C\C/C=C\C/C=C\CCCCCCCC(=O)OCC(O)COP(=O)(O)OCC(NC(=O)CCCCCCCCC/C=C\C/C=C\C/C=C\CC)C(=O)O. The summed E-state index contributed by atoms with van der Waals surface area (Å²) in [5.41, 5.74) is 0. The first-order chi connectivity index (χ1) is 30.1. The highest BCUT2D eigenvalue weighted by atomic mass is 31.2. The van der Waals surface area contributed by atoms with Gasteiger partial charge >= 0.3 is 19.8 Å². The van der Waals surface area contributed by atoms with Crippen LogP contribution < -0.4 is 5.32 Å². The molecule has 0 aromatic heterocycles. The van der Waals surface area contributed by atoms with E-state index in [9.17, 15) is 34.1 Å². The molecule has 352 valence electrons. The number of ether oxygens (including phenoxy) is 1. The van der Waals surface area contributed by atoms with E-state index in [2.05, 4.69) is 116 Å². The summed E-state index contributed by atoms with van der Waals surface area (Å²) in [5, 5.41) is 21.9. The smallest absolute Gasteiger partial charge is 0.472 e. The normalized spacial score (nSPS) is 14.5. The van der Waals surface area contributed by atoms with Crippen LogP contribution >= 0.6 is 7.82 Å². The fourth-order valence-corrected chi connectivity index (χ4v) is 6.60. The van der Waals surface area contributed by atoms with Crippen molar-refractivity contribution in [2.24, 2.45) is 0 Å². The van der Waals surface area contributed by atoms with Crippen LogP contribution in [0.1, 0.15) is 168 Å². The predicted molar refractivity (Wildman–Crippen MR) is 254 cm³/mol. The molecule has 0 aromatic rings. The minimum absolute atomic E-state index is 0.128. The number of phosphoric acid groups is 1. The number of carbonyl (C=O) groups is 3. The Morgan fingerprint density at radius 1 is 0.516 bits per heavy atom. The zero-order valence-corrected chi connectivity index (χ0v) is 39.0. The third-order valence-electron chi connectivity index (χ3n) is 9.37. The molecule has 0 spiro atoms. The van der Waals surface area contributed by atoms with Gasteiger partial charge in [0.1, 0.15) is 12.7 Å². The molecule has 0 bridgehead atoms. The van der Waals surface area contributed by atoms with Crippen LogP contribution in [0.3, 0.4) is 0 Å². The summed E-state index contributed by atoms with van der Waals surface area (Å²) in [4.78, 5) is 46.0. The van der Waals surface area contributed by atoms with Gasteiger partial charge in [0.05, 0.1) is 13.2 Å². The van der Waals surface area contributed by atoms with Crippen LogP contribution in [0.15, 0.2) is 97.2 Å². The Balaban J connectivity index is 3.94. The summed E-state index contributed by atoms with van der Waals surface area (Å²) < 4.78 is 26.9. The molecule has 0 saturated carbocycles. The average molecular weight is 888 g/mol. The van der Waals surface area contributed by atoms with Crippen LogP contribution in [0.2, 0.25) is 0 Å². The van der Waals surface area contributed by atoms with Crippen molar-refractivity contribution < 1.29 is 47.8 Å². The fraction of sp³-hybridized carbons (Fsp3) is 0.620. The van der Waals surface area contributed by atoms with E-state index >= 15 is 0 Å². The molecule has 12 heteroatoms. The lowest BCUT2D eigenvalue weighted by molar-refractivity contribution is -0.147. The highest BCUT2D eigenvalue weighted by molar-refractivity contribution is 7.47. The predicted octanol–water partition coefficient (Wildman–Crippen LogP) is 12.4. The molecule has 0 aliphatic carbocycles. The van der Waals surface area contributed by atoms with Gasteiger partial charge in [0.25, 0.3) is 0 Å². The monoisotopic (exact) mass is 888 g/mol. The van der Waals surface area contributed by atoms with Crippen molar-refractivity contribution in [3.8, 4) is 0 Å². The molecule has 0 heterocycles. The molecule has 4 N–H and O–H groups in total. The first-order valence-electron chi connectivity index (χ1n) is 23.3. The Morgan fingerprint density at radius 2 is 0.887 bits per heavy atom. The lowest BCUT2D eigenvalue weighted by Crippen LogP contribution is -2.43. The van der Waals surface area contributed by atoms with E-state index in [4.69, 9.17) is 13.8 Å². The van der Waals surface area contributed by atoms with Crippen LogP contribution in [0.25, 0.3) is 0 Å². The number of carbonyl (C=O) groups excluding carboxylic acids is 2. The lowest BCUT2D eigenvalue weighted by atomic mass is 10.1. The number of hydrogen-bond donors (Lipinski definition) is 4. The van der Waals surface area contributed by atoms with Crippen molar-refractivity contribution in [2.75, 3.05) is 19.8 Å². The number of esters is 1. The van der Waals surface area contributed by atoms with E-state index < -0.39 is 57.6 Å². The van der Waals surface area contributed by atoms with Crippen molar-refractivity contribution >= 4 is 25.7 Å². The molecule has 0 radical (unpaired) electrons. The van der Waals surface area contributed by atoms with E-state index in [0.29, 0.717) is 12.8 Å². The molecule has 0 rings (SSSR count). The molecule has 11 nitrogen and oxygen atoms in total. The van der Waals surface area contributed by atoms with E-state index in [1.165, 1.54) is 0 Å². The summed E-state index contributed by atoms with van der Waals surface area (Å²) in [7, 11) is -4.77. The van der Waals surface area contributed by atoms with Crippen molar-refractivity contribution in [3.05, 3.63) is 97.2 Å². The number of phosphoric ester groups is 1. The summed E-state index contributed by atoms with van der Waals surface area (Å²) in [6.45, 7) is 2.33. The fourth-order valence-electron chi connectivity index (χ4n) is 5.83. The van der Waals surface area contributed by atoms with Crippen molar-refractivity contribution in [1.82, 2.24) is 5.32 Å². The molecule has 0 saturated heterocycles. The summed E-state index contributed by atoms with van der Waals surface area (Å²) >= 11 is 0. The number of allylic oxidation sites excluding steroid dienone is 16. The summed E-state index contributed by atoms with van der Waals surface area (Å²) in [6.07, 6.45) is 55.6. The first-order valence-corrected chi connectivity index (χ1v) is 24.8. The zero-order chi connectivity index (χ0) is 45.6. The second kappa shape index (κ2) is 44.0. The Labute approximate surface area is 374 Å². The number of amides is 1. The summed E-state index contributed by atoms with van der Waals surface area (Å²) in [6, 6.07) is -1.56. The number of nitrogens with one attached hydrogen (secondary N) is 1. The van der Waals surface area contributed by atoms with Crippen LogP contribution in [-0.4, -0.2) is 64.9 Å². The van der Waals surface area contributed by atoms with Gasteiger partial charge in [-0.15, -0.1) is 0 Å². The molecule has 0 aliphatic heterocycles. The Morgan fingerprint density at radius 3 is 1.32 bits per heavy atom. The van der Waals surface area contributed by atoms with Gasteiger partial charge in [0.15, 0.2) is 6.04 Å². The van der Waals surface area contributed by atoms with Gasteiger partial charge in [-0.1, -0.05) is 162 Å². The number of aliphatic hydroxyl groups is 1. The van der Waals surface area contributed by atoms with Gasteiger partial charge in [-0.25, -0.2) is 9.36 Å². The van der Waals surface area contributed by atoms with Gasteiger partial charge in [-0.2, -0.15) is 0 Å². The molecule has 3 atom stereocenters. The van der Waals surface area contributed by atoms with Crippen LogP contribution in [0, 0.1) is 0 Å². The maximum absolute atomic E-state index is 12.3. The number of aliphatic hydroxyl groups excluding tert-OH is 1. The topological polar surface area (TPSA) is 169 Å². The van der Waals surface area contributed by atoms with Gasteiger partial charge < -0.3 is 25.2 Å². The quantitative estimate of drug-likeness (QED) is 0.0200. The molecular weight excluding hydrogens is 806 g/mol. The number of unbranched alkanes of at least 4 members (excludes halogenated alkanes) is 12. The van der Waals surface area contributed by atoms with Crippen LogP contribution in [0.4, 0.5) is 0 Å². The maximum atomic E-state index is 12.3. The number of carboxylic acid groups (broad SMARTS) is 1. The van der Waals surface area contributed by atoms with E-state index in [-0.39, 0.29) is 12.8 Å². The number of rotatable bonds is 42. The van der Waals surface area contributed by atoms with Crippen LogP contribution in [0.5, 0.6) is 0 Å². The van der Waals surface area contributed by atoms with Crippen molar-refractivity contribution in [3.63, 3.8) is 0 Å². The molecular formula is C50H82NO10P. The maximum Gasteiger partial charge on any atom is 0.472 e. The van der Waals surface area contributed by atoms with E-state index in [1.54, 1.807) is 0 Å². The standard InChI is InChI=1S/C50H82NO10P/c1-3-5-7-9-11-13-15-17-19-21-22-23-24-26-28-30-32-34-36-38-40-42-49(54)59-43-46(52)44-60-62(57,58)61-45-47(50(55)56)51-48(53)41-39-37-35-33-31-29-27-25-20-18-16-14-12-10-8-6-4-2/h5-8,11-14,17-20,22-23,26,28,46-47,52H,3-4,9-10,15-16,21,24-25,27,29-45H2,1-2H3,(H,51,53)(H,55,56)(H,57,58)/b7-5-,8-6-,13-11-,14-12-,19-17-,20-18-,23-22-,28-26-. The summed E-state index contributed by atoms with van der Waals surface area (Å²) in [5.74, 6) is -2.42.